The van der Waals surface area contributed by atoms with Gasteiger partial charge in [-0.05, 0) is 36.4 Å². The highest BCUT2D eigenvalue weighted by molar-refractivity contribution is 6.36. The summed E-state index contributed by atoms with van der Waals surface area (Å²) in [6.45, 7) is 0. The number of fused-ring (bicyclic) bond motifs is 1. The van der Waals surface area contributed by atoms with Crippen molar-refractivity contribution in [3.63, 3.8) is 0 Å². The van der Waals surface area contributed by atoms with Gasteiger partial charge in [-0.1, -0.05) is 40.9 Å². The predicted molar refractivity (Wildman–Crippen MR) is 102 cm³/mol. The average molecular weight is 391 g/mol. The Hall–Kier alpha value is -2.27. The molecule has 0 spiro atoms. The van der Waals surface area contributed by atoms with E-state index in [9.17, 15) is 0 Å². The zero-order chi connectivity index (χ0) is 17.4. The van der Waals surface area contributed by atoms with E-state index in [1.807, 2.05) is 12.1 Å². The SMILES string of the molecule is Clc1ccc(/C=N/c2c(-c3ccco3)nc3ccc(Cl)cn23)c(Cl)c1. The lowest BCUT2D eigenvalue weighted by molar-refractivity contribution is 0.580. The van der Waals surface area contributed by atoms with Gasteiger partial charge in [-0.15, -0.1) is 0 Å². The van der Waals surface area contributed by atoms with E-state index in [-0.39, 0.29) is 0 Å². The van der Waals surface area contributed by atoms with Gasteiger partial charge < -0.3 is 4.42 Å². The molecular formula is C18H10Cl3N3O. The normalized spacial score (nSPS) is 11.6. The number of hydrogen-bond acceptors (Lipinski definition) is 3. The number of aliphatic imine (C=N–C) groups is 1. The lowest BCUT2D eigenvalue weighted by Gasteiger charge is -2.01. The molecule has 0 radical (unpaired) electrons. The highest BCUT2D eigenvalue weighted by Gasteiger charge is 2.15. The topological polar surface area (TPSA) is 42.8 Å². The Morgan fingerprint density at radius 3 is 2.64 bits per heavy atom. The number of nitrogens with zero attached hydrogens (tertiary/aromatic N) is 3. The molecule has 1 aromatic carbocycles. The Bertz CT molecular complexity index is 1080. The fraction of sp³-hybridized carbons (Fsp3) is 0. The second-order valence-electron chi connectivity index (χ2n) is 5.26. The summed E-state index contributed by atoms with van der Waals surface area (Å²) in [5, 5.41) is 1.67. The molecule has 0 amide bonds. The van der Waals surface area contributed by atoms with Crippen LogP contribution in [0.25, 0.3) is 17.1 Å². The second kappa shape index (κ2) is 6.56. The summed E-state index contributed by atoms with van der Waals surface area (Å²) in [6.07, 6.45) is 5.01. The first-order valence-electron chi connectivity index (χ1n) is 7.32. The van der Waals surface area contributed by atoms with Gasteiger partial charge in [0.25, 0.3) is 0 Å². The maximum absolute atomic E-state index is 6.21. The molecule has 3 aromatic heterocycles. The summed E-state index contributed by atoms with van der Waals surface area (Å²) in [5.41, 5.74) is 2.08. The van der Waals surface area contributed by atoms with Gasteiger partial charge >= 0.3 is 0 Å². The van der Waals surface area contributed by atoms with E-state index in [2.05, 4.69) is 9.98 Å². The number of imidazole rings is 1. The number of halogens is 3. The standard InChI is InChI=1S/C18H10Cl3N3O/c19-12-4-3-11(14(21)8-12)9-22-18-17(15-2-1-7-25-15)23-16-6-5-13(20)10-24(16)18/h1-10H/b22-9+. The van der Waals surface area contributed by atoms with Crippen LogP contribution >= 0.6 is 34.8 Å². The summed E-state index contributed by atoms with van der Waals surface area (Å²) < 4.78 is 7.29. The fourth-order valence-electron chi connectivity index (χ4n) is 2.45. The zero-order valence-corrected chi connectivity index (χ0v) is 14.9. The van der Waals surface area contributed by atoms with Crippen molar-refractivity contribution in [2.45, 2.75) is 0 Å². The Morgan fingerprint density at radius 2 is 1.88 bits per heavy atom. The molecule has 4 rings (SSSR count). The number of benzene rings is 1. The zero-order valence-electron chi connectivity index (χ0n) is 12.7. The molecule has 7 heteroatoms. The first-order valence-corrected chi connectivity index (χ1v) is 8.46. The van der Waals surface area contributed by atoms with Gasteiger partial charge in [-0.3, -0.25) is 4.40 Å². The number of hydrogen-bond donors (Lipinski definition) is 0. The van der Waals surface area contributed by atoms with Crippen LogP contribution in [0.1, 0.15) is 5.56 Å². The summed E-state index contributed by atoms with van der Waals surface area (Å²) in [6, 6.07) is 12.5. The Kier molecular flexibility index (Phi) is 4.25. The van der Waals surface area contributed by atoms with Crippen molar-refractivity contribution in [3.8, 4) is 11.5 Å². The van der Waals surface area contributed by atoms with Gasteiger partial charge in [-0.2, -0.15) is 0 Å². The minimum absolute atomic E-state index is 0.516. The Morgan fingerprint density at radius 1 is 1.04 bits per heavy atom. The van der Waals surface area contributed by atoms with E-state index in [0.717, 1.165) is 5.56 Å². The van der Waals surface area contributed by atoms with Crippen LogP contribution in [-0.4, -0.2) is 15.6 Å². The number of rotatable bonds is 3. The molecule has 0 fully saturated rings. The molecule has 3 heterocycles. The van der Waals surface area contributed by atoms with Gasteiger partial charge in [0.1, 0.15) is 5.65 Å². The molecule has 0 N–H and O–H groups in total. The molecule has 0 unspecified atom stereocenters. The van der Waals surface area contributed by atoms with Crippen molar-refractivity contribution in [1.82, 2.24) is 9.38 Å². The molecule has 4 aromatic rings. The first kappa shape index (κ1) is 16.2. The molecule has 0 aliphatic heterocycles. The van der Waals surface area contributed by atoms with Gasteiger partial charge in [0, 0.05) is 23.0 Å². The minimum Gasteiger partial charge on any atom is -0.463 e. The van der Waals surface area contributed by atoms with Gasteiger partial charge in [0.15, 0.2) is 17.3 Å². The summed E-state index contributed by atoms with van der Waals surface area (Å²) >= 11 is 18.3. The van der Waals surface area contributed by atoms with E-state index in [1.165, 1.54) is 0 Å². The maximum Gasteiger partial charge on any atom is 0.168 e. The van der Waals surface area contributed by atoms with Crippen molar-refractivity contribution < 1.29 is 4.42 Å². The van der Waals surface area contributed by atoms with Crippen molar-refractivity contribution >= 4 is 52.5 Å². The molecule has 25 heavy (non-hydrogen) atoms. The maximum atomic E-state index is 6.21. The first-order chi connectivity index (χ1) is 12.1. The van der Waals surface area contributed by atoms with Gasteiger partial charge in [-0.25, -0.2) is 9.98 Å². The van der Waals surface area contributed by atoms with Crippen molar-refractivity contribution in [2.24, 2.45) is 4.99 Å². The van der Waals surface area contributed by atoms with E-state index in [1.54, 1.807) is 53.4 Å². The molecule has 124 valence electrons. The van der Waals surface area contributed by atoms with Crippen molar-refractivity contribution in [3.05, 3.63) is 75.6 Å². The molecule has 4 nitrogen and oxygen atoms in total. The van der Waals surface area contributed by atoms with Crippen LogP contribution in [-0.2, 0) is 0 Å². The Labute approximate surface area is 158 Å². The van der Waals surface area contributed by atoms with Crippen LogP contribution in [0, 0.1) is 0 Å². The lowest BCUT2D eigenvalue weighted by Crippen LogP contribution is -1.86. The highest BCUT2D eigenvalue weighted by Crippen LogP contribution is 2.32. The lowest BCUT2D eigenvalue weighted by atomic mass is 10.2. The number of pyridine rings is 1. The molecule has 0 saturated heterocycles. The summed E-state index contributed by atoms with van der Waals surface area (Å²) in [4.78, 5) is 9.17. The van der Waals surface area contributed by atoms with E-state index >= 15 is 0 Å². The molecule has 0 aliphatic rings. The third-order valence-corrected chi connectivity index (χ3v) is 4.39. The summed E-state index contributed by atoms with van der Waals surface area (Å²) in [7, 11) is 0. The van der Waals surface area contributed by atoms with Crippen LogP contribution in [0.4, 0.5) is 5.82 Å². The third-order valence-electron chi connectivity index (χ3n) is 3.60. The van der Waals surface area contributed by atoms with Crippen molar-refractivity contribution in [1.29, 1.82) is 0 Å². The van der Waals surface area contributed by atoms with Crippen LogP contribution < -0.4 is 0 Å². The monoisotopic (exact) mass is 389 g/mol. The van der Waals surface area contributed by atoms with Crippen LogP contribution in [0.5, 0.6) is 0 Å². The van der Waals surface area contributed by atoms with Gasteiger partial charge in [0.2, 0.25) is 0 Å². The largest absolute Gasteiger partial charge is 0.463 e. The van der Waals surface area contributed by atoms with Gasteiger partial charge in [0.05, 0.1) is 16.3 Å². The number of aromatic nitrogens is 2. The third kappa shape index (κ3) is 3.16. The van der Waals surface area contributed by atoms with E-state index < -0.39 is 0 Å². The number of furan rings is 1. The molecule has 0 bridgehead atoms. The molecule has 0 atom stereocenters. The van der Waals surface area contributed by atoms with E-state index in [0.29, 0.717) is 38.0 Å². The molecule has 0 saturated carbocycles. The van der Waals surface area contributed by atoms with Crippen LogP contribution in [0.2, 0.25) is 15.1 Å². The fourth-order valence-corrected chi connectivity index (χ4v) is 3.06. The highest BCUT2D eigenvalue weighted by atomic mass is 35.5. The van der Waals surface area contributed by atoms with Crippen molar-refractivity contribution in [2.75, 3.05) is 0 Å². The molecule has 0 aliphatic carbocycles. The minimum atomic E-state index is 0.516. The predicted octanol–water partition coefficient (Wildman–Crippen LogP) is 6.31. The quantitative estimate of drug-likeness (QED) is 0.385. The smallest absolute Gasteiger partial charge is 0.168 e. The van der Waals surface area contributed by atoms with Crippen LogP contribution in [0.3, 0.4) is 0 Å². The second-order valence-corrected chi connectivity index (χ2v) is 6.54. The average Bonchev–Trinajstić information content (AvgIpc) is 3.21. The Balaban J connectivity index is 1.88. The van der Waals surface area contributed by atoms with E-state index in [4.69, 9.17) is 39.2 Å². The van der Waals surface area contributed by atoms with Crippen LogP contribution in [0.15, 0.2) is 64.3 Å². The molecular weight excluding hydrogens is 381 g/mol. The summed E-state index contributed by atoms with van der Waals surface area (Å²) in [5.74, 6) is 1.22.